The summed E-state index contributed by atoms with van der Waals surface area (Å²) in [6.45, 7) is 1.44. The van der Waals surface area contributed by atoms with E-state index in [1.165, 1.54) is 37.0 Å². The van der Waals surface area contributed by atoms with Crippen molar-refractivity contribution in [2.75, 3.05) is 13.1 Å². The van der Waals surface area contributed by atoms with E-state index in [-0.39, 0.29) is 17.3 Å². The normalized spacial score (nSPS) is 17.2. The Hall–Kier alpha value is -4.45. The second-order valence-electron chi connectivity index (χ2n) is 11.7. The van der Waals surface area contributed by atoms with E-state index in [1.54, 1.807) is 24.3 Å². The second kappa shape index (κ2) is 10.8. The number of amides is 1. The van der Waals surface area contributed by atoms with Crippen LogP contribution in [0.4, 0.5) is 4.39 Å². The smallest absolute Gasteiger partial charge is 0.335 e. The van der Waals surface area contributed by atoms with Crippen LogP contribution in [0.2, 0.25) is 0 Å². The summed E-state index contributed by atoms with van der Waals surface area (Å²) in [5, 5.41) is 10.9. The van der Waals surface area contributed by atoms with Crippen molar-refractivity contribution in [2.45, 2.75) is 51.0 Å². The van der Waals surface area contributed by atoms with Gasteiger partial charge in [-0.3, -0.25) is 4.79 Å². The van der Waals surface area contributed by atoms with Crippen molar-refractivity contribution in [1.82, 2.24) is 9.47 Å². The average Bonchev–Trinajstić information content (AvgIpc) is 3.24. The fourth-order valence-electron chi connectivity index (χ4n) is 7.12. The molecule has 0 saturated heterocycles. The number of rotatable bonds is 4. The van der Waals surface area contributed by atoms with Gasteiger partial charge in [0, 0.05) is 35.1 Å². The van der Waals surface area contributed by atoms with E-state index in [9.17, 15) is 19.1 Å². The van der Waals surface area contributed by atoms with Gasteiger partial charge in [0.05, 0.1) is 17.8 Å². The third kappa shape index (κ3) is 4.65. The first kappa shape index (κ1) is 26.4. The van der Waals surface area contributed by atoms with E-state index >= 15 is 0 Å². The Balaban J connectivity index is 1.31. The standard InChI is InChI=1S/C36H33FN2O3/c37-29-13-10-23(11-14-29)24-16-18-38(19-17-24)35(40)28-20-26-8-4-5-9-30(26)34-33(25-6-2-1-3-7-25)31-15-12-27(36(41)42)21-32(31)39(34)22-28/h4-5,8-16,20-21,25H,1-3,6-7,17-19,22H2,(H,41,42). The first-order valence-electron chi connectivity index (χ1n) is 14.9. The Labute approximate surface area is 244 Å². The molecule has 1 saturated carbocycles. The maximum Gasteiger partial charge on any atom is 0.335 e. The first-order chi connectivity index (χ1) is 20.5. The summed E-state index contributed by atoms with van der Waals surface area (Å²) >= 11 is 0. The summed E-state index contributed by atoms with van der Waals surface area (Å²) in [7, 11) is 0. The van der Waals surface area contributed by atoms with E-state index in [4.69, 9.17) is 0 Å². The molecule has 2 aliphatic heterocycles. The van der Waals surface area contributed by atoms with Crippen molar-refractivity contribution >= 4 is 34.4 Å². The van der Waals surface area contributed by atoms with Gasteiger partial charge in [-0.05, 0) is 77.8 Å². The summed E-state index contributed by atoms with van der Waals surface area (Å²) < 4.78 is 15.6. The molecule has 7 rings (SSSR count). The second-order valence-corrected chi connectivity index (χ2v) is 11.7. The zero-order valence-electron chi connectivity index (χ0n) is 23.5. The van der Waals surface area contributed by atoms with E-state index in [1.807, 2.05) is 29.2 Å². The van der Waals surface area contributed by atoms with Crippen molar-refractivity contribution < 1.29 is 19.1 Å². The molecule has 0 unspecified atom stereocenters. The lowest BCUT2D eigenvalue weighted by Gasteiger charge is -2.28. The van der Waals surface area contributed by atoms with Gasteiger partial charge in [-0.15, -0.1) is 0 Å². The summed E-state index contributed by atoms with van der Waals surface area (Å²) in [4.78, 5) is 28.0. The molecule has 1 fully saturated rings. The predicted molar refractivity (Wildman–Crippen MR) is 164 cm³/mol. The lowest BCUT2D eigenvalue weighted by molar-refractivity contribution is -0.126. The van der Waals surface area contributed by atoms with Crippen LogP contribution in [0.25, 0.3) is 33.8 Å². The molecule has 3 aromatic carbocycles. The van der Waals surface area contributed by atoms with Crippen molar-refractivity contribution in [3.05, 3.63) is 106 Å². The number of aromatic carboxylic acids is 1. The van der Waals surface area contributed by atoms with Gasteiger partial charge in [0.2, 0.25) is 0 Å². The first-order valence-corrected chi connectivity index (χ1v) is 14.9. The molecule has 0 bridgehead atoms. The van der Waals surface area contributed by atoms with Gasteiger partial charge < -0.3 is 14.6 Å². The number of hydrogen-bond acceptors (Lipinski definition) is 2. The Morgan fingerprint density at radius 1 is 0.929 bits per heavy atom. The zero-order valence-corrected chi connectivity index (χ0v) is 23.5. The molecule has 4 aromatic rings. The number of carboxylic acids is 1. The lowest BCUT2D eigenvalue weighted by Crippen LogP contribution is -2.36. The van der Waals surface area contributed by atoms with Gasteiger partial charge in [0.25, 0.3) is 5.91 Å². The minimum atomic E-state index is -0.954. The maximum absolute atomic E-state index is 14.1. The van der Waals surface area contributed by atoms with Gasteiger partial charge in [0.1, 0.15) is 5.82 Å². The molecule has 42 heavy (non-hydrogen) atoms. The van der Waals surface area contributed by atoms with E-state index in [0.717, 1.165) is 51.7 Å². The molecule has 3 aliphatic rings. The van der Waals surface area contributed by atoms with Crippen LogP contribution in [-0.2, 0) is 11.3 Å². The quantitative estimate of drug-likeness (QED) is 0.276. The Morgan fingerprint density at radius 2 is 1.71 bits per heavy atom. The summed E-state index contributed by atoms with van der Waals surface area (Å²) in [5.74, 6) is -0.825. The molecular formula is C36H33FN2O3. The Morgan fingerprint density at radius 3 is 2.45 bits per heavy atom. The summed E-state index contributed by atoms with van der Waals surface area (Å²) in [6.07, 6.45) is 10.7. The van der Waals surface area contributed by atoms with Crippen molar-refractivity contribution in [3.63, 3.8) is 0 Å². The number of fused-ring (bicyclic) bond motifs is 5. The monoisotopic (exact) mass is 560 g/mol. The Kier molecular flexibility index (Phi) is 6.77. The van der Waals surface area contributed by atoms with Crippen molar-refractivity contribution in [1.29, 1.82) is 0 Å². The third-order valence-electron chi connectivity index (χ3n) is 9.22. The molecule has 1 aliphatic carbocycles. The minimum absolute atomic E-state index is 0.0116. The van der Waals surface area contributed by atoms with Crippen molar-refractivity contribution in [3.8, 4) is 11.3 Å². The molecule has 3 heterocycles. The van der Waals surface area contributed by atoms with E-state index < -0.39 is 5.97 Å². The maximum atomic E-state index is 14.1. The fraction of sp³-hybridized carbons (Fsp3) is 0.278. The van der Waals surface area contributed by atoms with E-state index in [2.05, 4.69) is 22.8 Å². The molecule has 6 heteroatoms. The van der Waals surface area contributed by atoms with Crippen LogP contribution in [0, 0.1) is 5.82 Å². The molecule has 1 N–H and O–H groups in total. The van der Waals surface area contributed by atoms with Crippen molar-refractivity contribution in [2.24, 2.45) is 0 Å². The van der Waals surface area contributed by atoms with Crippen LogP contribution in [-0.4, -0.2) is 39.5 Å². The largest absolute Gasteiger partial charge is 0.478 e. The lowest BCUT2D eigenvalue weighted by atomic mass is 9.81. The van der Waals surface area contributed by atoms with Gasteiger partial charge in [-0.1, -0.05) is 67.8 Å². The number of hydrogen-bond donors (Lipinski definition) is 1. The van der Waals surface area contributed by atoms with Crippen LogP contribution >= 0.6 is 0 Å². The Bertz CT molecular complexity index is 1770. The average molecular weight is 561 g/mol. The van der Waals surface area contributed by atoms with Gasteiger partial charge in [0.15, 0.2) is 0 Å². The highest BCUT2D eigenvalue weighted by molar-refractivity contribution is 6.03. The predicted octanol–water partition coefficient (Wildman–Crippen LogP) is 7.91. The summed E-state index contributed by atoms with van der Waals surface area (Å²) in [5.41, 5.74) is 8.43. The topological polar surface area (TPSA) is 62.5 Å². The molecule has 5 nitrogen and oxygen atoms in total. The van der Waals surface area contributed by atoms with Gasteiger partial charge in [-0.2, -0.15) is 0 Å². The number of aromatic nitrogens is 1. The molecule has 1 amide bonds. The number of carbonyl (C=O) groups excluding carboxylic acids is 1. The van der Waals surface area contributed by atoms with E-state index in [0.29, 0.717) is 37.5 Å². The zero-order chi connectivity index (χ0) is 28.8. The highest BCUT2D eigenvalue weighted by Crippen LogP contribution is 2.46. The summed E-state index contributed by atoms with van der Waals surface area (Å²) in [6, 6.07) is 20.2. The number of carbonyl (C=O) groups is 2. The highest BCUT2D eigenvalue weighted by atomic mass is 19.1. The molecule has 0 radical (unpaired) electrons. The van der Waals surface area contributed by atoms with Crippen LogP contribution in [0.15, 0.2) is 78.4 Å². The van der Waals surface area contributed by atoms with Gasteiger partial charge in [-0.25, -0.2) is 9.18 Å². The van der Waals surface area contributed by atoms with Crippen LogP contribution in [0.1, 0.15) is 71.5 Å². The SMILES string of the molecule is O=C(O)c1ccc2c(C3CCCCC3)c3n(c2c1)CC(C(=O)N1CC=C(c2ccc(F)cc2)CC1)=Cc1ccccc1-3. The number of benzene rings is 3. The third-order valence-corrected chi connectivity index (χ3v) is 9.22. The molecular weight excluding hydrogens is 527 g/mol. The fourth-order valence-corrected chi connectivity index (χ4v) is 7.12. The number of nitrogens with zero attached hydrogens (tertiary/aromatic N) is 2. The molecule has 0 spiro atoms. The minimum Gasteiger partial charge on any atom is -0.478 e. The van der Waals surface area contributed by atoms with Gasteiger partial charge >= 0.3 is 5.97 Å². The number of carboxylic acid groups (broad SMARTS) is 1. The van der Waals surface area contributed by atoms with Crippen LogP contribution in [0.5, 0.6) is 0 Å². The highest BCUT2D eigenvalue weighted by Gasteiger charge is 2.31. The molecule has 212 valence electrons. The van der Waals surface area contributed by atoms with Crippen LogP contribution in [0.3, 0.4) is 0 Å². The van der Waals surface area contributed by atoms with Crippen LogP contribution < -0.4 is 0 Å². The molecule has 1 aromatic heterocycles. The number of halogens is 1. The molecule has 0 atom stereocenters.